The first-order valence-corrected chi connectivity index (χ1v) is 14.5. The molecule has 0 radical (unpaired) electrons. The average Bonchev–Trinajstić information content (AvgIpc) is 3.14. The molecule has 9 nitrogen and oxygen atoms in total. The zero-order valence-corrected chi connectivity index (χ0v) is 20.4. The first kappa shape index (κ1) is 23.3. The van der Waals surface area contributed by atoms with Crippen LogP contribution in [0.4, 0.5) is 5.13 Å². The maximum absolute atomic E-state index is 13.0. The zero-order chi connectivity index (χ0) is 23.1. The number of thiazole rings is 1. The molecule has 0 spiro atoms. The number of sulfonamides is 1. The largest absolute Gasteiger partial charge is 0.302 e. The Hall–Kier alpha value is -1.86. The molecule has 0 bridgehead atoms. The molecule has 1 amide bonds. The van der Waals surface area contributed by atoms with E-state index in [0.717, 1.165) is 31.5 Å². The SMILES string of the molecule is CN1CCc2nc(NC(=O)C3CCN(S(=O)(=O)c4cccc(S(C)(=O)=O)c4)CC3)sc2C1. The number of rotatable bonds is 5. The third kappa shape index (κ3) is 4.88. The molecule has 1 aromatic heterocycles. The van der Waals surface area contributed by atoms with Crippen molar-refractivity contribution in [2.45, 2.75) is 35.6 Å². The number of aromatic nitrogens is 1. The van der Waals surface area contributed by atoms with Crippen molar-refractivity contribution >= 4 is 42.2 Å². The molecule has 0 atom stereocenters. The van der Waals surface area contributed by atoms with Gasteiger partial charge in [-0.1, -0.05) is 6.07 Å². The molecule has 3 heterocycles. The first-order valence-electron chi connectivity index (χ1n) is 10.3. The Morgan fingerprint density at radius 2 is 1.81 bits per heavy atom. The Bertz CT molecular complexity index is 1230. The first-order chi connectivity index (χ1) is 15.0. The van der Waals surface area contributed by atoms with Crippen LogP contribution in [0.2, 0.25) is 0 Å². The van der Waals surface area contributed by atoms with Crippen LogP contribution in [0.25, 0.3) is 0 Å². The second-order valence-electron chi connectivity index (χ2n) is 8.29. The Labute approximate surface area is 192 Å². The van der Waals surface area contributed by atoms with Gasteiger partial charge in [0.2, 0.25) is 15.9 Å². The topological polar surface area (TPSA) is 117 Å². The van der Waals surface area contributed by atoms with Gasteiger partial charge in [-0.25, -0.2) is 21.8 Å². The number of fused-ring (bicyclic) bond motifs is 1. The van der Waals surface area contributed by atoms with Crippen LogP contribution < -0.4 is 5.32 Å². The molecule has 2 aromatic rings. The van der Waals surface area contributed by atoms with E-state index in [2.05, 4.69) is 22.2 Å². The second-order valence-corrected chi connectivity index (χ2v) is 13.3. The highest BCUT2D eigenvalue weighted by molar-refractivity contribution is 7.91. The zero-order valence-electron chi connectivity index (χ0n) is 17.9. The molecule has 32 heavy (non-hydrogen) atoms. The van der Waals surface area contributed by atoms with Crippen molar-refractivity contribution in [2.75, 3.05) is 38.3 Å². The number of amides is 1. The van der Waals surface area contributed by atoms with E-state index in [1.165, 1.54) is 44.8 Å². The maximum Gasteiger partial charge on any atom is 0.243 e. The van der Waals surface area contributed by atoms with E-state index >= 15 is 0 Å². The molecule has 0 unspecified atom stereocenters. The van der Waals surface area contributed by atoms with Gasteiger partial charge in [0.05, 0.1) is 15.5 Å². The van der Waals surface area contributed by atoms with Crippen molar-refractivity contribution in [2.24, 2.45) is 5.92 Å². The summed E-state index contributed by atoms with van der Waals surface area (Å²) in [5.41, 5.74) is 1.04. The molecule has 0 saturated carbocycles. The van der Waals surface area contributed by atoms with E-state index < -0.39 is 19.9 Å². The summed E-state index contributed by atoms with van der Waals surface area (Å²) in [5, 5.41) is 3.51. The number of piperidine rings is 1. The maximum atomic E-state index is 13.0. The summed E-state index contributed by atoms with van der Waals surface area (Å²) in [6.07, 6.45) is 2.70. The molecule has 12 heteroatoms. The Kier molecular flexibility index (Phi) is 6.43. The predicted octanol–water partition coefficient (Wildman–Crippen LogP) is 1.57. The molecule has 1 fully saturated rings. The minimum atomic E-state index is -3.84. The molecule has 2 aliphatic heterocycles. The molecular formula is C20H26N4O5S3. The summed E-state index contributed by atoms with van der Waals surface area (Å²) in [4.78, 5) is 20.6. The lowest BCUT2D eigenvalue weighted by molar-refractivity contribution is -0.120. The van der Waals surface area contributed by atoms with E-state index in [1.807, 2.05) is 0 Å². The fourth-order valence-electron chi connectivity index (χ4n) is 3.96. The second kappa shape index (κ2) is 8.82. The van der Waals surface area contributed by atoms with E-state index in [4.69, 9.17) is 0 Å². The fourth-order valence-corrected chi connectivity index (χ4v) is 7.31. The molecule has 2 aliphatic rings. The highest BCUT2D eigenvalue weighted by Gasteiger charge is 2.33. The van der Waals surface area contributed by atoms with Crippen molar-refractivity contribution in [3.05, 3.63) is 34.8 Å². The van der Waals surface area contributed by atoms with Crippen molar-refractivity contribution in [1.29, 1.82) is 0 Å². The van der Waals surface area contributed by atoms with Crippen molar-refractivity contribution in [1.82, 2.24) is 14.2 Å². The summed E-state index contributed by atoms with van der Waals surface area (Å²) >= 11 is 1.50. The van der Waals surface area contributed by atoms with Gasteiger partial charge in [0.15, 0.2) is 15.0 Å². The summed E-state index contributed by atoms with van der Waals surface area (Å²) in [5.74, 6) is -0.437. The van der Waals surface area contributed by atoms with Crippen LogP contribution >= 0.6 is 11.3 Å². The number of benzene rings is 1. The number of nitrogens with zero attached hydrogens (tertiary/aromatic N) is 3. The van der Waals surface area contributed by atoms with Crippen LogP contribution in [0.15, 0.2) is 34.1 Å². The number of carbonyl (C=O) groups is 1. The van der Waals surface area contributed by atoms with Gasteiger partial charge in [0.1, 0.15) is 0 Å². The average molecular weight is 499 g/mol. The predicted molar refractivity (Wildman–Crippen MR) is 122 cm³/mol. The molecule has 1 aromatic carbocycles. The molecule has 1 saturated heterocycles. The van der Waals surface area contributed by atoms with E-state index in [0.29, 0.717) is 18.0 Å². The van der Waals surface area contributed by atoms with Crippen LogP contribution in [-0.4, -0.2) is 69.9 Å². The lowest BCUT2D eigenvalue weighted by Crippen LogP contribution is -2.41. The Morgan fingerprint density at radius 3 is 2.50 bits per heavy atom. The molecular weight excluding hydrogens is 472 g/mol. The quantitative estimate of drug-likeness (QED) is 0.665. The van der Waals surface area contributed by atoms with E-state index in [-0.39, 0.29) is 34.7 Å². The minimum absolute atomic E-state index is 0.0369. The monoisotopic (exact) mass is 498 g/mol. The van der Waals surface area contributed by atoms with Crippen LogP contribution in [0, 0.1) is 5.92 Å². The number of carbonyl (C=O) groups excluding carboxylic acids is 1. The fraction of sp³-hybridized carbons (Fsp3) is 0.500. The smallest absolute Gasteiger partial charge is 0.243 e. The molecule has 0 aliphatic carbocycles. The van der Waals surface area contributed by atoms with Gasteiger partial charge in [0.25, 0.3) is 0 Å². The number of nitrogens with one attached hydrogen (secondary N) is 1. The summed E-state index contributed by atoms with van der Waals surface area (Å²) in [6.45, 7) is 2.18. The lowest BCUT2D eigenvalue weighted by Gasteiger charge is -2.30. The third-order valence-corrected chi connectivity index (χ3v) is 9.85. The van der Waals surface area contributed by atoms with Crippen LogP contribution in [0.1, 0.15) is 23.4 Å². The number of hydrogen-bond donors (Lipinski definition) is 1. The lowest BCUT2D eigenvalue weighted by atomic mass is 9.97. The van der Waals surface area contributed by atoms with Gasteiger partial charge in [0, 0.05) is 49.7 Å². The number of sulfone groups is 1. The van der Waals surface area contributed by atoms with Gasteiger partial charge in [-0.15, -0.1) is 11.3 Å². The Morgan fingerprint density at radius 1 is 1.12 bits per heavy atom. The highest BCUT2D eigenvalue weighted by atomic mass is 32.2. The molecule has 1 N–H and O–H groups in total. The Balaban J connectivity index is 1.39. The minimum Gasteiger partial charge on any atom is -0.302 e. The highest BCUT2D eigenvalue weighted by Crippen LogP contribution is 2.30. The van der Waals surface area contributed by atoms with Gasteiger partial charge < -0.3 is 10.2 Å². The third-order valence-electron chi connectivity index (χ3n) is 5.85. The standard InChI is InChI=1S/C20H26N4O5S3/c1-23-9-8-17-18(13-23)30-20(21-17)22-19(25)14-6-10-24(11-7-14)32(28,29)16-5-3-4-15(12-16)31(2,26)27/h3-5,12,14H,6-11,13H2,1-2H3,(H,21,22,25). The summed E-state index contributed by atoms with van der Waals surface area (Å²) in [7, 11) is -5.30. The molecule has 174 valence electrons. The van der Waals surface area contributed by atoms with Gasteiger partial charge in [-0.2, -0.15) is 4.31 Å². The van der Waals surface area contributed by atoms with Crippen LogP contribution in [0.3, 0.4) is 0 Å². The van der Waals surface area contributed by atoms with Crippen molar-refractivity contribution in [3.8, 4) is 0 Å². The summed E-state index contributed by atoms with van der Waals surface area (Å²) in [6, 6.07) is 5.38. The number of anilines is 1. The van der Waals surface area contributed by atoms with E-state index in [1.54, 1.807) is 0 Å². The van der Waals surface area contributed by atoms with Crippen molar-refractivity contribution < 1.29 is 21.6 Å². The number of hydrogen-bond acceptors (Lipinski definition) is 8. The number of likely N-dealkylation sites (N-methyl/N-ethyl adjacent to an activating group) is 1. The van der Waals surface area contributed by atoms with Crippen molar-refractivity contribution in [3.63, 3.8) is 0 Å². The molecule has 4 rings (SSSR count). The van der Waals surface area contributed by atoms with Crippen LogP contribution in [-0.2, 0) is 37.6 Å². The van der Waals surface area contributed by atoms with Gasteiger partial charge in [-0.05, 0) is 38.1 Å². The van der Waals surface area contributed by atoms with E-state index in [9.17, 15) is 21.6 Å². The van der Waals surface area contributed by atoms with Gasteiger partial charge >= 0.3 is 0 Å². The van der Waals surface area contributed by atoms with Crippen LogP contribution in [0.5, 0.6) is 0 Å². The summed E-state index contributed by atoms with van der Waals surface area (Å²) < 4.78 is 50.9. The van der Waals surface area contributed by atoms with Gasteiger partial charge in [-0.3, -0.25) is 4.79 Å². The normalized spacial score (nSPS) is 18.9.